The van der Waals surface area contributed by atoms with Crippen LogP contribution in [0.25, 0.3) is 0 Å². The van der Waals surface area contributed by atoms with Crippen molar-refractivity contribution >= 4 is 0 Å². The number of nitrogens with one attached hydrogen (secondary N) is 1. The number of allylic oxidation sites excluding steroid dienone is 1. The highest BCUT2D eigenvalue weighted by Crippen LogP contribution is 2.32. The highest BCUT2D eigenvalue weighted by atomic mass is 14.9. The molecule has 0 aromatic rings. The fraction of sp³-hybridized carbons (Fsp3) is 0.875. The summed E-state index contributed by atoms with van der Waals surface area (Å²) >= 11 is 0. The lowest BCUT2D eigenvalue weighted by Gasteiger charge is -2.25. The van der Waals surface area contributed by atoms with Crippen LogP contribution in [0.4, 0.5) is 0 Å². The topological polar surface area (TPSA) is 12.0 Å². The standard InChI is InChI=1S/C16H31N/c1-4-12-17-13-16-9-7-5-6-8-15(16)11-10-14(2)3/h15-17H,2,4-13H2,1,3H3. The molecule has 0 aromatic heterocycles. The molecule has 0 spiro atoms. The Morgan fingerprint density at radius 1 is 1.18 bits per heavy atom. The Balaban J connectivity index is 2.38. The van der Waals surface area contributed by atoms with Gasteiger partial charge < -0.3 is 5.32 Å². The van der Waals surface area contributed by atoms with Gasteiger partial charge in [-0.2, -0.15) is 0 Å². The van der Waals surface area contributed by atoms with Crippen LogP contribution in [0, 0.1) is 11.8 Å². The fourth-order valence-corrected chi connectivity index (χ4v) is 3.01. The van der Waals surface area contributed by atoms with Crippen molar-refractivity contribution in [1.29, 1.82) is 0 Å². The maximum atomic E-state index is 4.05. The first-order valence-corrected chi connectivity index (χ1v) is 7.59. The maximum absolute atomic E-state index is 4.05. The molecular weight excluding hydrogens is 206 g/mol. The van der Waals surface area contributed by atoms with Crippen LogP contribution in [-0.4, -0.2) is 13.1 Å². The molecule has 0 amide bonds. The van der Waals surface area contributed by atoms with E-state index < -0.39 is 0 Å². The van der Waals surface area contributed by atoms with E-state index in [4.69, 9.17) is 0 Å². The molecule has 100 valence electrons. The van der Waals surface area contributed by atoms with Crippen molar-refractivity contribution < 1.29 is 0 Å². The molecule has 0 radical (unpaired) electrons. The third-order valence-electron chi connectivity index (χ3n) is 4.09. The molecule has 1 aliphatic rings. The summed E-state index contributed by atoms with van der Waals surface area (Å²) in [6.07, 6.45) is 11.1. The van der Waals surface area contributed by atoms with Crippen molar-refractivity contribution in [3.63, 3.8) is 0 Å². The van der Waals surface area contributed by atoms with Gasteiger partial charge in [0.25, 0.3) is 0 Å². The van der Waals surface area contributed by atoms with Gasteiger partial charge in [0.1, 0.15) is 0 Å². The summed E-state index contributed by atoms with van der Waals surface area (Å²) in [5.74, 6) is 1.86. The highest BCUT2D eigenvalue weighted by molar-refractivity contribution is 4.89. The first kappa shape index (κ1) is 14.8. The second-order valence-electron chi connectivity index (χ2n) is 5.86. The van der Waals surface area contributed by atoms with Crippen LogP contribution >= 0.6 is 0 Å². The highest BCUT2D eigenvalue weighted by Gasteiger charge is 2.22. The average molecular weight is 237 g/mol. The summed E-state index contributed by atoms with van der Waals surface area (Å²) in [6.45, 7) is 10.9. The lowest BCUT2D eigenvalue weighted by atomic mass is 9.83. The Bertz CT molecular complexity index is 210. The Hall–Kier alpha value is -0.300. The first-order valence-electron chi connectivity index (χ1n) is 7.59. The quantitative estimate of drug-likeness (QED) is 0.389. The zero-order chi connectivity index (χ0) is 12.5. The van der Waals surface area contributed by atoms with E-state index >= 15 is 0 Å². The van der Waals surface area contributed by atoms with Crippen LogP contribution in [0.2, 0.25) is 0 Å². The molecule has 1 aliphatic carbocycles. The summed E-state index contributed by atoms with van der Waals surface area (Å²) in [5.41, 5.74) is 1.36. The van der Waals surface area contributed by atoms with Gasteiger partial charge in [0.2, 0.25) is 0 Å². The van der Waals surface area contributed by atoms with Crippen molar-refractivity contribution in [2.24, 2.45) is 11.8 Å². The van der Waals surface area contributed by atoms with E-state index in [9.17, 15) is 0 Å². The van der Waals surface area contributed by atoms with Gasteiger partial charge in [-0.05, 0) is 57.5 Å². The summed E-state index contributed by atoms with van der Waals surface area (Å²) in [5, 5.41) is 3.63. The zero-order valence-electron chi connectivity index (χ0n) is 11.9. The first-order chi connectivity index (χ1) is 8.24. The van der Waals surface area contributed by atoms with Crippen molar-refractivity contribution in [2.75, 3.05) is 13.1 Å². The van der Waals surface area contributed by atoms with Gasteiger partial charge in [0.05, 0.1) is 0 Å². The van der Waals surface area contributed by atoms with Gasteiger partial charge in [0.15, 0.2) is 0 Å². The second kappa shape index (κ2) is 8.74. The normalized spacial score (nSPS) is 25.5. The Morgan fingerprint density at radius 3 is 2.53 bits per heavy atom. The zero-order valence-corrected chi connectivity index (χ0v) is 11.9. The van der Waals surface area contributed by atoms with Crippen molar-refractivity contribution in [3.05, 3.63) is 12.2 Å². The Labute approximate surface area is 108 Å². The van der Waals surface area contributed by atoms with Gasteiger partial charge in [0, 0.05) is 0 Å². The number of hydrogen-bond donors (Lipinski definition) is 1. The van der Waals surface area contributed by atoms with Crippen LogP contribution < -0.4 is 5.32 Å². The molecule has 1 nitrogen and oxygen atoms in total. The predicted octanol–water partition coefficient (Wildman–Crippen LogP) is 4.54. The largest absolute Gasteiger partial charge is 0.316 e. The average Bonchev–Trinajstić information content (AvgIpc) is 2.52. The lowest BCUT2D eigenvalue weighted by Crippen LogP contribution is -2.28. The lowest BCUT2D eigenvalue weighted by molar-refractivity contribution is 0.284. The minimum absolute atomic E-state index is 0.920. The van der Waals surface area contributed by atoms with E-state index in [2.05, 4.69) is 25.7 Å². The minimum atomic E-state index is 0.920. The van der Waals surface area contributed by atoms with Gasteiger partial charge in [-0.1, -0.05) is 38.2 Å². The molecule has 0 bridgehead atoms. The maximum Gasteiger partial charge on any atom is -0.00179 e. The van der Waals surface area contributed by atoms with Crippen LogP contribution in [0.3, 0.4) is 0 Å². The molecule has 0 saturated heterocycles. The molecule has 0 heterocycles. The third kappa shape index (κ3) is 6.26. The second-order valence-corrected chi connectivity index (χ2v) is 5.86. The molecular formula is C16H31N. The van der Waals surface area contributed by atoms with Crippen LogP contribution in [0.15, 0.2) is 12.2 Å². The molecule has 1 heteroatoms. The summed E-state index contributed by atoms with van der Waals surface area (Å²) in [7, 11) is 0. The molecule has 0 aromatic carbocycles. The molecule has 17 heavy (non-hydrogen) atoms. The molecule has 2 unspecified atom stereocenters. The molecule has 1 saturated carbocycles. The number of rotatable bonds is 7. The predicted molar refractivity (Wildman–Crippen MR) is 77.3 cm³/mol. The van der Waals surface area contributed by atoms with Crippen LogP contribution in [-0.2, 0) is 0 Å². The molecule has 1 fully saturated rings. The SMILES string of the molecule is C=C(C)CCC1CCCCCC1CNCCC. The van der Waals surface area contributed by atoms with Crippen molar-refractivity contribution in [3.8, 4) is 0 Å². The third-order valence-corrected chi connectivity index (χ3v) is 4.09. The summed E-state index contributed by atoms with van der Waals surface area (Å²) < 4.78 is 0. The Morgan fingerprint density at radius 2 is 1.88 bits per heavy atom. The number of hydrogen-bond acceptors (Lipinski definition) is 1. The van der Waals surface area contributed by atoms with E-state index in [0.717, 1.165) is 11.8 Å². The van der Waals surface area contributed by atoms with E-state index in [1.165, 1.54) is 70.0 Å². The van der Waals surface area contributed by atoms with Gasteiger partial charge in [-0.25, -0.2) is 0 Å². The van der Waals surface area contributed by atoms with E-state index in [-0.39, 0.29) is 0 Å². The van der Waals surface area contributed by atoms with E-state index in [1.54, 1.807) is 0 Å². The fourth-order valence-electron chi connectivity index (χ4n) is 3.01. The summed E-state index contributed by atoms with van der Waals surface area (Å²) in [6, 6.07) is 0. The van der Waals surface area contributed by atoms with Gasteiger partial charge in [-0.15, -0.1) is 6.58 Å². The van der Waals surface area contributed by atoms with Crippen molar-refractivity contribution in [2.45, 2.75) is 65.2 Å². The van der Waals surface area contributed by atoms with Crippen molar-refractivity contribution in [1.82, 2.24) is 5.32 Å². The molecule has 2 atom stereocenters. The van der Waals surface area contributed by atoms with Gasteiger partial charge >= 0.3 is 0 Å². The van der Waals surface area contributed by atoms with E-state index in [1.807, 2.05) is 0 Å². The van der Waals surface area contributed by atoms with Crippen LogP contribution in [0.1, 0.15) is 65.2 Å². The van der Waals surface area contributed by atoms with Crippen LogP contribution in [0.5, 0.6) is 0 Å². The van der Waals surface area contributed by atoms with Gasteiger partial charge in [-0.3, -0.25) is 0 Å². The minimum Gasteiger partial charge on any atom is -0.316 e. The smallest absolute Gasteiger partial charge is 0.00179 e. The Kier molecular flexibility index (Phi) is 7.59. The molecule has 1 rings (SSSR count). The van der Waals surface area contributed by atoms with E-state index in [0.29, 0.717) is 0 Å². The summed E-state index contributed by atoms with van der Waals surface area (Å²) in [4.78, 5) is 0. The monoisotopic (exact) mass is 237 g/mol. The molecule has 0 aliphatic heterocycles. The molecule has 1 N–H and O–H groups in total.